The molecule has 2 aromatic rings. The van der Waals surface area contributed by atoms with E-state index in [1.807, 2.05) is 13.0 Å². The second kappa shape index (κ2) is 9.47. The first-order valence-corrected chi connectivity index (χ1v) is 12.8. The van der Waals surface area contributed by atoms with Crippen molar-refractivity contribution in [3.8, 4) is 11.5 Å². The number of rotatable bonds is 5. The summed E-state index contributed by atoms with van der Waals surface area (Å²) in [4.78, 5) is 29.0. The molecule has 0 unspecified atom stereocenters. The monoisotopic (exact) mass is 512 g/mol. The van der Waals surface area contributed by atoms with Gasteiger partial charge in [0.1, 0.15) is 0 Å². The standard InChI is InChI=1S/C23H20N4O6S2/c1-4-35(30,31)23-26-27-19(24)16(20(28)25-22(27)34-23)11-14-8-9-17(18(12-14)32-3)33-21(29)15-7-5-6-13(2)10-15/h5-12,24H,4H2,1-3H3/b16-11-,24-19?. The normalized spacial score (nSPS) is 16.7. The van der Waals surface area contributed by atoms with Crippen molar-refractivity contribution < 1.29 is 27.5 Å². The van der Waals surface area contributed by atoms with Crippen molar-refractivity contribution in [2.45, 2.75) is 13.8 Å². The number of sulfone groups is 1. The van der Waals surface area contributed by atoms with Crippen LogP contribution in [-0.2, 0) is 14.6 Å². The lowest BCUT2D eigenvalue weighted by Crippen LogP contribution is -2.35. The van der Waals surface area contributed by atoms with E-state index in [4.69, 9.17) is 14.9 Å². The number of hydrogen-bond donors (Lipinski definition) is 1. The van der Waals surface area contributed by atoms with Gasteiger partial charge in [0.25, 0.3) is 5.91 Å². The number of hydrazone groups is 1. The van der Waals surface area contributed by atoms with Gasteiger partial charge in [-0.1, -0.05) is 30.7 Å². The van der Waals surface area contributed by atoms with E-state index in [1.165, 1.54) is 26.2 Å². The first-order chi connectivity index (χ1) is 16.6. The molecule has 0 atom stereocenters. The van der Waals surface area contributed by atoms with E-state index < -0.39 is 21.7 Å². The van der Waals surface area contributed by atoms with Gasteiger partial charge in [-0.3, -0.25) is 10.2 Å². The Morgan fingerprint density at radius 3 is 2.66 bits per heavy atom. The number of nitrogens with one attached hydrogen (secondary N) is 1. The van der Waals surface area contributed by atoms with Crippen LogP contribution in [0.3, 0.4) is 0 Å². The molecule has 2 aliphatic rings. The third-order valence-electron chi connectivity index (χ3n) is 5.04. The van der Waals surface area contributed by atoms with Crippen molar-refractivity contribution in [1.29, 1.82) is 5.41 Å². The number of amidine groups is 2. The summed E-state index contributed by atoms with van der Waals surface area (Å²) in [6.45, 7) is 3.35. The van der Waals surface area contributed by atoms with E-state index in [0.29, 0.717) is 11.1 Å². The van der Waals surface area contributed by atoms with Crippen molar-refractivity contribution in [2.24, 2.45) is 10.1 Å². The van der Waals surface area contributed by atoms with Gasteiger partial charge < -0.3 is 9.47 Å². The van der Waals surface area contributed by atoms with Crippen molar-refractivity contribution in [1.82, 2.24) is 5.01 Å². The Hall–Kier alpha value is -3.77. The smallest absolute Gasteiger partial charge is 0.343 e. The van der Waals surface area contributed by atoms with Crippen LogP contribution in [0, 0.1) is 12.3 Å². The maximum atomic E-state index is 12.6. The molecule has 0 aromatic heterocycles. The zero-order chi connectivity index (χ0) is 25.3. The highest BCUT2D eigenvalue weighted by molar-refractivity contribution is 8.42. The van der Waals surface area contributed by atoms with Gasteiger partial charge in [-0.2, -0.15) is 10.0 Å². The lowest BCUT2D eigenvalue weighted by molar-refractivity contribution is -0.114. The summed E-state index contributed by atoms with van der Waals surface area (Å²) in [5.74, 6) is -1.29. The Balaban J connectivity index is 1.61. The molecule has 0 aliphatic carbocycles. The number of fused-ring (bicyclic) bond motifs is 1. The molecule has 0 fully saturated rings. The van der Waals surface area contributed by atoms with Crippen LogP contribution in [-0.4, -0.2) is 53.5 Å². The number of benzene rings is 2. The third kappa shape index (κ3) is 4.88. The molecular weight excluding hydrogens is 492 g/mol. The average molecular weight is 513 g/mol. The van der Waals surface area contributed by atoms with E-state index in [9.17, 15) is 18.0 Å². The topological polar surface area (TPSA) is 139 Å². The summed E-state index contributed by atoms with van der Waals surface area (Å²) in [5, 5.41) is 13.4. The van der Waals surface area contributed by atoms with Gasteiger partial charge in [0.2, 0.25) is 19.4 Å². The minimum atomic E-state index is -3.61. The van der Waals surface area contributed by atoms with Gasteiger partial charge in [0, 0.05) is 0 Å². The number of hydrogen-bond acceptors (Lipinski definition) is 9. The molecule has 2 heterocycles. The number of esters is 1. The van der Waals surface area contributed by atoms with Crippen LogP contribution < -0.4 is 9.47 Å². The first-order valence-electron chi connectivity index (χ1n) is 10.3. The Morgan fingerprint density at radius 2 is 1.97 bits per heavy atom. The van der Waals surface area contributed by atoms with Crippen molar-refractivity contribution in [3.05, 3.63) is 64.7 Å². The largest absolute Gasteiger partial charge is 0.493 e. The highest BCUT2D eigenvalue weighted by atomic mass is 32.3. The first kappa shape index (κ1) is 24.4. The number of thioether (sulfide) groups is 1. The Labute approximate surface area is 205 Å². The number of carbonyl (C=O) groups is 2. The van der Waals surface area contributed by atoms with Crippen LogP contribution in [0.15, 0.2) is 58.1 Å². The van der Waals surface area contributed by atoms with E-state index in [2.05, 4.69) is 10.1 Å². The minimum absolute atomic E-state index is 0.0140. The number of aliphatic imine (C=N–C) groups is 1. The van der Waals surface area contributed by atoms with E-state index in [0.717, 1.165) is 22.3 Å². The molecule has 4 rings (SSSR count). The summed E-state index contributed by atoms with van der Waals surface area (Å²) in [5.41, 5.74) is 1.70. The van der Waals surface area contributed by atoms with Gasteiger partial charge in [0.15, 0.2) is 17.3 Å². The van der Waals surface area contributed by atoms with E-state index in [-0.39, 0.29) is 38.2 Å². The number of aryl methyl sites for hydroxylation is 1. The molecule has 0 spiro atoms. The second-order valence-corrected chi connectivity index (χ2v) is 10.9. The molecule has 2 aromatic carbocycles. The van der Waals surface area contributed by atoms with Crippen molar-refractivity contribution in [3.63, 3.8) is 0 Å². The third-order valence-corrected chi connectivity index (χ3v) is 8.13. The Morgan fingerprint density at radius 1 is 1.20 bits per heavy atom. The molecule has 12 heteroatoms. The Bertz CT molecular complexity index is 1460. The molecule has 180 valence electrons. The summed E-state index contributed by atoms with van der Waals surface area (Å²) in [6.07, 6.45) is 1.41. The van der Waals surface area contributed by atoms with Gasteiger partial charge in [-0.15, -0.1) is 5.10 Å². The highest BCUT2D eigenvalue weighted by Gasteiger charge is 2.39. The quantitative estimate of drug-likeness (QED) is 0.366. The Kier molecular flexibility index (Phi) is 6.59. The molecule has 0 saturated heterocycles. The summed E-state index contributed by atoms with van der Waals surface area (Å²) in [7, 11) is -2.21. The molecule has 10 nitrogen and oxygen atoms in total. The molecule has 1 N–H and O–H groups in total. The predicted molar refractivity (Wildman–Crippen MR) is 134 cm³/mol. The van der Waals surface area contributed by atoms with Crippen LogP contribution in [0.1, 0.15) is 28.4 Å². The van der Waals surface area contributed by atoms with Crippen LogP contribution in [0.2, 0.25) is 0 Å². The maximum absolute atomic E-state index is 12.6. The van der Waals surface area contributed by atoms with E-state index >= 15 is 0 Å². The molecule has 0 saturated carbocycles. The van der Waals surface area contributed by atoms with Crippen molar-refractivity contribution in [2.75, 3.05) is 12.9 Å². The molecule has 0 bridgehead atoms. The zero-order valence-corrected chi connectivity index (χ0v) is 20.6. The number of methoxy groups -OCH3 is 1. The lowest BCUT2D eigenvalue weighted by atomic mass is 10.1. The number of ether oxygens (including phenoxy) is 2. The van der Waals surface area contributed by atoms with Gasteiger partial charge in [-0.05, 0) is 54.6 Å². The second-order valence-electron chi connectivity index (χ2n) is 7.46. The number of carbonyl (C=O) groups excluding carboxylic acids is 2. The molecule has 35 heavy (non-hydrogen) atoms. The van der Waals surface area contributed by atoms with Gasteiger partial charge in [0.05, 0.1) is 24.0 Å². The predicted octanol–water partition coefficient (Wildman–Crippen LogP) is 3.23. The number of amides is 1. The fourth-order valence-electron chi connectivity index (χ4n) is 3.18. The molecular formula is C23H20N4O6S2. The van der Waals surface area contributed by atoms with Gasteiger partial charge >= 0.3 is 5.97 Å². The van der Waals surface area contributed by atoms with Crippen LogP contribution in [0.5, 0.6) is 11.5 Å². The average Bonchev–Trinajstić information content (AvgIpc) is 3.27. The fraction of sp³-hybridized carbons (Fsp3) is 0.174. The SMILES string of the molecule is CCS(=O)(=O)C1=NN2C(=N)/C(=C/c3ccc(OC(=O)c4cccc(C)c4)c(OC)c3)C(=O)N=C2S1. The lowest BCUT2D eigenvalue weighted by Gasteiger charge is -2.20. The summed E-state index contributed by atoms with van der Waals surface area (Å²) in [6, 6.07) is 11.6. The van der Waals surface area contributed by atoms with Crippen LogP contribution >= 0.6 is 11.8 Å². The van der Waals surface area contributed by atoms with Crippen molar-refractivity contribution >= 4 is 54.9 Å². The zero-order valence-electron chi connectivity index (χ0n) is 18.9. The minimum Gasteiger partial charge on any atom is -0.493 e. The van der Waals surface area contributed by atoms with Crippen LogP contribution in [0.4, 0.5) is 0 Å². The summed E-state index contributed by atoms with van der Waals surface area (Å²) < 4.78 is 34.9. The summed E-state index contributed by atoms with van der Waals surface area (Å²) >= 11 is 0.735. The van der Waals surface area contributed by atoms with Crippen LogP contribution in [0.25, 0.3) is 6.08 Å². The number of nitrogens with zero attached hydrogens (tertiary/aromatic N) is 3. The van der Waals surface area contributed by atoms with E-state index in [1.54, 1.807) is 30.3 Å². The molecule has 0 radical (unpaired) electrons. The molecule has 2 aliphatic heterocycles. The van der Waals surface area contributed by atoms with Gasteiger partial charge in [-0.25, -0.2) is 13.2 Å². The molecule has 1 amide bonds. The maximum Gasteiger partial charge on any atom is 0.343 e. The fourth-order valence-corrected chi connectivity index (χ4v) is 5.34. The highest BCUT2D eigenvalue weighted by Crippen LogP contribution is 2.33.